The van der Waals surface area contributed by atoms with Crippen molar-refractivity contribution in [3.63, 3.8) is 0 Å². The van der Waals surface area contributed by atoms with Crippen LogP contribution in [-0.2, 0) is 6.54 Å². The Morgan fingerprint density at radius 3 is 2.76 bits per heavy atom. The van der Waals surface area contributed by atoms with Crippen LogP contribution in [0.5, 0.6) is 0 Å². The molecule has 0 saturated carbocycles. The number of amides is 2. The van der Waals surface area contributed by atoms with E-state index in [9.17, 15) is 9.18 Å². The van der Waals surface area contributed by atoms with E-state index in [4.69, 9.17) is 11.6 Å². The van der Waals surface area contributed by atoms with Gasteiger partial charge in [0.2, 0.25) is 5.62 Å². The minimum atomic E-state index is -0.606. The van der Waals surface area contributed by atoms with Crippen molar-refractivity contribution in [1.82, 2.24) is 19.9 Å². The number of urea groups is 1. The molecule has 0 unspecified atom stereocenters. The van der Waals surface area contributed by atoms with Crippen LogP contribution in [0.4, 0.5) is 20.7 Å². The normalized spacial score (nSPS) is 13.3. The zero-order valence-corrected chi connectivity index (χ0v) is 21.1. The van der Waals surface area contributed by atoms with Gasteiger partial charge in [0.25, 0.3) is 0 Å². The second-order valence-electron chi connectivity index (χ2n) is 9.16. The fourth-order valence-corrected chi connectivity index (χ4v) is 3.99. The third-order valence-corrected chi connectivity index (χ3v) is 5.76. The largest absolute Gasteiger partial charge is 0.369 e. The lowest BCUT2D eigenvalue weighted by molar-refractivity contribution is 0.250. The number of rotatable bonds is 4. The van der Waals surface area contributed by atoms with Crippen molar-refractivity contribution in [3.05, 3.63) is 40.9 Å². The van der Waals surface area contributed by atoms with E-state index < -0.39 is 11.8 Å². The number of aromatic nitrogens is 3. The third-order valence-electron chi connectivity index (χ3n) is 5.45. The molecule has 4 rings (SSSR count). The lowest BCUT2D eigenvalue weighted by Crippen LogP contribution is -2.31. The summed E-state index contributed by atoms with van der Waals surface area (Å²) in [6.07, 6.45) is 2.51. The molecule has 8 nitrogen and oxygen atoms in total. The van der Waals surface area contributed by atoms with Crippen molar-refractivity contribution in [2.75, 3.05) is 30.8 Å². The van der Waals surface area contributed by atoms with E-state index in [2.05, 4.69) is 51.7 Å². The molecule has 0 saturated heterocycles. The SMILES string of the molecule is CN=c1ncc2cc(-c3cc(NC(=O)NCCC(C)(C)C)c(F)cc3Cl)c3n(c-2n1)CCN3.Cl. The zero-order chi connectivity index (χ0) is 23.8. The lowest BCUT2D eigenvalue weighted by Gasteiger charge is -2.19. The Hall–Kier alpha value is -2.91. The molecule has 182 valence electrons. The summed E-state index contributed by atoms with van der Waals surface area (Å²) in [4.78, 5) is 25.2. The fourth-order valence-electron chi connectivity index (χ4n) is 3.74. The molecule has 0 spiro atoms. The summed E-state index contributed by atoms with van der Waals surface area (Å²) in [5.74, 6) is 0.965. The number of halogens is 3. The van der Waals surface area contributed by atoms with Crippen LogP contribution in [-0.4, -0.2) is 40.7 Å². The summed E-state index contributed by atoms with van der Waals surface area (Å²) in [5.41, 5.74) is 2.71. The van der Waals surface area contributed by atoms with E-state index in [1.807, 2.05) is 10.6 Å². The molecule has 34 heavy (non-hydrogen) atoms. The predicted octanol–water partition coefficient (Wildman–Crippen LogP) is 4.78. The van der Waals surface area contributed by atoms with Crippen molar-refractivity contribution < 1.29 is 9.18 Å². The number of nitrogens with zero attached hydrogens (tertiary/aromatic N) is 4. The summed E-state index contributed by atoms with van der Waals surface area (Å²) in [7, 11) is 1.64. The van der Waals surface area contributed by atoms with Crippen LogP contribution in [0.1, 0.15) is 27.2 Å². The molecule has 0 aliphatic carbocycles. The third kappa shape index (κ3) is 5.42. The summed E-state index contributed by atoms with van der Waals surface area (Å²) >= 11 is 6.46. The van der Waals surface area contributed by atoms with Gasteiger partial charge in [0.1, 0.15) is 17.5 Å². The fraction of sp³-hybridized carbons (Fsp3) is 0.391. The second kappa shape index (κ2) is 10.1. The summed E-state index contributed by atoms with van der Waals surface area (Å²) in [6, 6.07) is 4.21. The molecule has 3 N–H and O–H groups in total. The molecule has 1 aromatic rings. The Bertz CT molecular complexity index is 1250. The molecule has 0 radical (unpaired) electrons. The molecular weight excluding hydrogens is 480 g/mol. The van der Waals surface area contributed by atoms with Gasteiger partial charge in [-0.3, -0.25) is 4.99 Å². The van der Waals surface area contributed by atoms with Crippen molar-refractivity contribution in [2.45, 2.75) is 33.7 Å². The van der Waals surface area contributed by atoms with Gasteiger partial charge in [-0.15, -0.1) is 12.4 Å². The molecule has 0 fully saturated rings. The van der Waals surface area contributed by atoms with Crippen LogP contribution in [0, 0.1) is 11.2 Å². The van der Waals surface area contributed by atoms with Crippen LogP contribution < -0.4 is 21.6 Å². The highest BCUT2D eigenvalue weighted by molar-refractivity contribution is 6.33. The molecule has 2 amide bonds. The van der Waals surface area contributed by atoms with Gasteiger partial charge >= 0.3 is 6.03 Å². The molecule has 3 aliphatic heterocycles. The first-order valence-corrected chi connectivity index (χ1v) is 11.2. The molecule has 0 atom stereocenters. The Balaban J connectivity index is 0.00000324. The quantitative estimate of drug-likeness (QED) is 0.473. The van der Waals surface area contributed by atoms with Gasteiger partial charge in [-0.1, -0.05) is 32.4 Å². The van der Waals surface area contributed by atoms with Crippen molar-refractivity contribution in [1.29, 1.82) is 0 Å². The van der Waals surface area contributed by atoms with Crippen LogP contribution in [0.25, 0.3) is 22.5 Å². The first-order valence-electron chi connectivity index (χ1n) is 10.8. The van der Waals surface area contributed by atoms with Gasteiger partial charge in [-0.25, -0.2) is 14.2 Å². The highest BCUT2D eigenvalue weighted by atomic mass is 35.5. The van der Waals surface area contributed by atoms with Crippen molar-refractivity contribution >= 4 is 41.5 Å². The average Bonchev–Trinajstić information content (AvgIpc) is 3.24. The highest BCUT2D eigenvalue weighted by Crippen LogP contribution is 2.41. The van der Waals surface area contributed by atoms with Gasteiger partial charge in [-0.05, 0) is 30.0 Å². The maximum Gasteiger partial charge on any atom is 0.319 e. The van der Waals surface area contributed by atoms with Gasteiger partial charge in [0, 0.05) is 49.6 Å². The number of pyridine rings is 1. The number of hydrogen-bond donors (Lipinski definition) is 3. The summed E-state index contributed by atoms with van der Waals surface area (Å²) in [6.45, 7) is 8.19. The number of carbonyl (C=O) groups is 1. The number of benzene rings is 1. The van der Waals surface area contributed by atoms with Crippen molar-refractivity contribution in [3.8, 4) is 22.5 Å². The monoisotopic (exact) mass is 507 g/mol. The number of anilines is 2. The van der Waals surface area contributed by atoms with Gasteiger partial charge in [0.05, 0.1) is 10.7 Å². The van der Waals surface area contributed by atoms with E-state index in [0.717, 1.165) is 35.7 Å². The zero-order valence-electron chi connectivity index (χ0n) is 19.5. The predicted molar refractivity (Wildman–Crippen MR) is 135 cm³/mol. The standard InChI is InChI=1S/C23H27ClFN7O.ClH/c1-23(2,3)5-6-28-22(33)30-18-10-14(16(24)11-17(18)25)15-9-13-12-29-21(26-4)31-19(13)32-8-7-27-20(15)32;/h9-12,27H,5-8H2,1-4H3,(H2,28,30,33);1H. The Kier molecular flexibility index (Phi) is 7.67. The van der Waals surface area contributed by atoms with Crippen LogP contribution >= 0.6 is 24.0 Å². The minimum absolute atomic E-state index is 0. The minimum Gasteiger partial charge on any atom is -0.369 e. The first-order chi connectivity index (χ1) is 15.7. The van der Waals surface area contributed by atoms with Crippen molar-refractivity contribution in [2.24, 2.45) is 10.4 Å². The van der Waals surface area contributed by atoms with E-state index in [-0.39, 0.29) is 28.5 Å². The molecule has 0 aromatic heterocycles. The maximum absolute atomic E-state index is 14.7. The first kappa shape index (κ1) is 25.7. The van der Waals surface area contributed by atoms with Gasteiger partial charge in [0.15, 0.2) is 0 Å². The summed E-state index contributed by atoms with van der Waals surface area (Å²) in [5, 5.41) is 8.98. The van der Waals surface area contributed by atoms with Gasteiger partial charge < -0.3 is 20.5 Å². The van der Waals surface area contributed by atoms with E-state index in [1.165, 1.54) is 6.07 Å². The number of nitrogens with one attached hydrogen (secondary N) is 3. The van der Waals surface area contributed by atoms with Crippen LogP contribution in [0.3, 0.4) is 0 Å². The van der Waals surface area contributed by atoms with Crippen LogP contribution in [0.15, 0.2) is 29.4 Å². The molecule has 11 heteroatoms. The number of fused-ring (bicyclic) bond motifs is 3. The van der Waals surface area contributed by atoms with Crippen LogP contribution in [0.2, 0.25) is 5.02 Å². The highest BCUT2D eigenvalue weighted by Gasteiger charge is 2.24. The lowest BCUT2D eigenvalue weighted by atomic mass is 9.92. The molecule has 3 aliphatic rings. The summed E-state index contributed by atoms with van der Waals surface area (Å²) < 4.78 is 16.7. The number of hydrogen-bond acceptors (Lipinski definition) is 5. The smallest absolute Gasteiger partial charge is 0.319 e. The Labute approximate surface area is 208 Å². The Morgan fingerprint density at radius 2 is 2.06 bits per heavy atom. The Morgan fingerprint density at radius 1 is 1.29 bits per heavy atom. The second-order valence-corrected chi connectivity index (χ2v) is 9.57. The van der Waals surface area contributed by atoms with E-state index >= 15 is 0 Å². The maximum atomic E-state index is 14.7. The van der Waals surface area contributed by atoms with E-state index in [0.29, 0.717) is 24.3 Å². The molecule has 3 heterocycles. The average molecular weight is 508 g/mol. The van der Waals surface area contributed by atoms with Gasteiger partial charge in [-0.2, -0.15) is 4.98 Å². The van der Waals surface area contributed by atoms with E-state index in [1.54, 1.807) is 19.3 Å². The molecular formula is C23H28Cl2FN7O. The molecule has 1 aromatic carbocycles. The molecule has 0 bridgehead atoms. The topological polar surface area (TPSA) is 96.2 Å². The number of carbonyl (C=O) groups excluding carboxylic acids is 1.